The van der Waals surface area contributed by atoms with Crippen LogP contribution in [0.3, 0.4) is 0 Å². The lowest BCUT2D eigenvalue weighted by Crippen LogP contribution is -2.17. The number of halogens is 1. The molecule has 8 heavy (non-hydrogen) atoms. The van der Waals surface area contributed by atoms with E-state index in [1.807, 2.05) is 6.92 Å². The molecule has 48 valence electrons. The summed E-state index contributed by atoms with van der Waals surface area (Å²) in [7, 11) is 0. The van der Waals surface area contributed by atoms with Gasteiger partial charge in [0, 0.05) is 0 Å². The maximum Gasteiger partial charge on any atom is 0.169 e. The maximum absolute atomic E-state index is 5.15. The van der Waals surface area contributed by atoms with Crippen LogP contribution in [0.4, 0.5) is 0 Å². The van der Waals surface area contributed by atoms with E-state index >= 15 is 0 Å². The third-order valence-electron chi connectivity index (χ3n) is 1.02. The first-order chi connectivity index (χ1) is 3.80. The Bertz CT molecular complexity index is 68.8. The van der Waals surface area contributed by atoms with E-state index in [0.29, 0.717) is 4.83 Å². The second-order valence-corrected chi connectivity index (χ2v) is 3.23. The number of hydrogen-bond donors (Lipinski definition) is 0. The van der Waals surface area contributed by atoms with Crippen LogP contribution in [0.5, 0.6) is 0 Å². The van der Waals surface area contributed by atoms with Gasteiger partial charge >= 0.3 is 0 Å². The predicted octanol–water partition coefficient (Wildman–Crippen LogP) is 1.14. The molecule has 1 fully saturated rings. The highest BCUT2D eigenvalue weighted by molar-refractivity contribution is 9.09. The van der Waals surface area contributed by atoms with Gasteiger partial charge in [0.2, 0.25) is 0 Å². The van der Waals surface area contributed by atoms with Gasteiger partial charge in [-0.2, -0.15) is 0 Å². The van der Waals surface area contributed by atoms with Crippen molar-refractivity contribution >= 4 is 15.9 Å². The standard InChI is InChI=1S/C5H9BrO2/c1-4(6)5-7-2-3-8-5/h4-5H,2-3H2,1H3. The summed E-state index contributed by atoms with van der Waals surface area (Å²) in [5.74, 6) is 0. The summed E-state index contributed by atoms with van der Waals surface area (Å²) in [4.78, 5) is 0.310. The molecule has 3 heteroatoms. The highest BCUT2D eigenvalue weighted by Gasteiger charge is 2.19. The summed E-state index contributed by atoms with van der Waals surface area (Å²) in [6.07, 6.45) is -0.0185. The van der Waals surface area contributed by atoms with Gasteiger partial charge in [0.15, 0.2) is 6.29 Å². The monoisotopic (exact) mass is 180 g/mol. The molecule has 1 heterocycles. The predicted molar refractivity (Wildman–Crippen MR) is 34.1 cm³/mol. The summed E-state index contributed by atoms with van der Waals surface area (Å²) in [5, 5.41) is 0. The third kappa shape index (κ3) is 1.44. The molecule has 1 aliphatic rings. The highest BCUT2D eigenvalue weighted by atomic mass is 79.9. The van der Waals surface area contributed by atoms with Crippen molar-refractivity contribution in [3.63, 3.8) is 0 Å². The zero-order chi connectivity index (χ0) is 5.98. The molecular weight excluding hydrogens is 172 g/mol. The third-order valence-corrected chi connectivity index (χ3v) is 1.45. The topological polar surface area (TPSA) is 18.5 Å². The summed E-state index contributed by atoms with van der Waals surface area (Å²) in [5.41, 5.74) is 0. The molecule has 0 spiro atoms. The fourth-order valence-electron chi connectivity index (χ4n) is 0.642. The molecule has 0 N–H and O–H groups in total. The molecule has 1 saturated heterocycles. The molecule has 1 rings (SSSR count). The van der Waals surface area contributed by atoms with E-state index in [2.05, 4.69) is 15.9 Å². The van der Waals surface area contributed by atoms with E-state index in [4.69, 9.17) is 9.47 Å². The summed E-state index contributed by atoms with van der Waals surface area (Å²) >= 11 is 3.35. The van der Waals surface area contributed by atoms with E-state index in [1.165, 1.54) is 0 Å². The van der Waals surface area contributed by atoms with E-state index < -0.39 is 0 Å². The molecule has 1 unspecified atom stereocenters. The van der Waals surface area contributed by atoms with Gasteiger partial charge in [-0.1, -0.05) is 15.9 Å². The van der Waals surface area contributed by atoms with Crippen molar-refractivity contribution in [2.24, 2.45) is 0 Å². The van der Waals surface area contributed by atoms with E-state index in [1.54, 1.807) is 0 Å². The lowest BCUT2D eigenvalue weighted by molar-refractivity contribution is -0.0372. The van der Waals surface area contributed by atoms with E-state index in [9.17, 15) is 0 Å². The molecule has 0 radical (unpaired) electrons. The highest BCUT2D eigenvalue weighted by Crippen LogP contribution is 2.13. The van der Waals surface area contributed by atoms with Crippen LogP contribution in [0, 0.1) is 0 Å². The molecule has 0 bridgehead atoms. The Morgan fingerprint density at radius 3 is 2.25 bits per heavy atom. The van der Waals surface area contributed by atoms with Gasteiger partial charge in [0.25, 0.3) is 0 Å². The Labute approximate surface area is 57.3 Å². The summed E-state index contributed by atoms with van der Waals surface area (Å²) in [6.45, 7) is 3.48. The van der Waals surface area contributed by atoms with Crippen molar-refractivity contribution in [3.8, 4) is 0 Å². The lowest BCUT2D eigenvalue weighted by atomic mass is 10.5. The second kappa shape index (κ2) is 2.80. The second-order valence-electron chi connectivity index (χ2n) is 1.79. The molecule has 0 amide bonds. The molecule has 0 aromatic carbocycles. The molecule has 1 aliphatic heterocycles. The van der Waals surface area contributed by atoms with Crippen molar-refractivity contribution in [3.05, 3.63) is 0 Å². The van der Waals surface area contributed by atoms with Gasteiger partial charge in [-0.3, -0.25) is 0 Å². The largest absolute Gasteiger partial charge is 0.349 e. The van der Waals surface area contributed by atoms with Crippen LogP contribution in [-0.4, -0.2) is 24.3 Å². The van der Waals surface area contributed by atoms with Crippen LogP contribution >= 0.6 is 15.9 Å². The molecule has 0 aromatic rings. The molecule has 2 nitrogen and oxygen atoms in total. The molecular formula is C5H9BrO2. The summed E-state index contributed by atoms with van der Waals surface area (Å²) in [6, 6.07) is 0. The smallest absolute Gasteiger partial charge is 0.169 e. The minimum Gasteiger partial charge on any atom is -0.349 e. The summed E-state index contributed by atoms with van der Waals surface area (Å²) < 4.78 is 10.3. The fourth-order valence-corrected chi connectivity index (χ4v) is 0.947. The zero-order valence-electron chi connectivity index (χ0n) is 4.76. The molecule has 0 aromatic heterocycles. The van der Waals surface area contributed by atoms with Crippen molar-refractivity contribution in [1.29, 1.82) is 0 Å². The van der Waals surface area contributed by atoms with Crippen molar-refractivity contribution in [2.75, 3.05) is 13.2 Å². The maximum atomic E-state index is 5.15. The molecule has 1 atom stereocenters. The van der Waals surface area contributed by atoms with Crippen LogP contribution in [0.25, 0.3) is 0 Å². The quantitative estimate of drug-likeness (QED) is 0.564. The number of alkyl halides is 1. The van der Waals surface area contributed by atoms with Crippen molar-refractivity contribution in [2.45, 2.75) is 18.0 Å². The first kappa shape index (κ1) is 6.52. The SMILES string of the molecule is CC(Br)C1OCCO1. The van der Waals surface area contributed by atoms with Crippen LogP contribution in [0.1, 0.15) is 6.92 Å². The Hall–Kier alpha value is 0.400. The van der Waals surface area contributed by atoms with Crippen LogP contribution in [0.15, 0.2) is 0 Å². The van der Waals surface area contributed by atoms with Crippen molar-refractivity contribution in [1.82, 2.24) is 0 Å². The van der Waals surface area contributed by atoms with Gasteiger partial charge in [-0.15, -0.1) is 0 Å². The Kier molecular flexibility index (Phi) is 2.28. The zero-order valence-corrected chi connectivity index (χ0v) is 6.35. The van der Waals surface area contributed by atoms with Gasteiger partial charge < -0.3 is 9.47 Å². The minimum atomic E-state index is -0.0185. The van der Waals surface area contributed by atoms with Crippen LogP contribution in [0.2, 0.25) is 0 Å². The molecule has 0 aliphatic carbocycles. The van der Waals surface area contributed by atoms with Gasteiger partial charge in [0.05, 0.1) is 18.0 Å². The van der Waals surface area contributed by atoms with Gasteiger partial charge in [-0.25, -0.2) is 0 Å². The van der Waals surface area contributed by atoms with E-state index in [-0.39, 0.29) is 6.29 Å². The lowest BCUT2D eigenvalue weighted by Gasteiger charge is -2.09. The number of rotatable bonds is 1. The Balaban J connectivity index is 2.24. The van der Waals surface area contributed by atoms with Crippen molar-refractivity contribution < 1.29 is 9.47 Å². The van der Waals surface area contributed by atoms with Gasteiger partial charge in [0.1, 0.15) is 0 Å². The minimum absolute atomic E-state index is 0.0185. The fraction of sp³-hybridized carbons (Fsp3) is 1.00. The normalized spacial score (nSPS) is 26.2. The van der Waals surface area contributed by atoms with E-state index in [0.717, 1.165) is 13.2 Å². The van der Waals surface area contributed by atoms with Crippen LogP contribution in [-0.2, 0) is 9.47 Å². The molecule has 0 saturated carbocycles. The average molecular weight is 181 g/mol. The Morgan fingerprint density at radius 2 is 2.00 bits per heavy atom. The van der Waals surface area contributed by atoms with Crippen LogP contribution < -0.4 is 0 Å². The first-order valence-corrected chi connectivity index (χ1v) is 3.59. The number of hydrogen-bond acceptors (Lipinski definition) is 2. The van der Waals surface area contributed by atoms with Gasteiger partial charge in [-0.05, 0) is 6.92 Å². The average Bonchev–Trinajstić information content (AvgIpc) is 2.12. The Morgan fingerprint density at radius 1 is 1.50 bits per heavy atom. The first-order valence-electron chi connectivity index (χ1n) is 2.68. The number of ether oxygens (including phenoxy) is 2.